The molecule has 1 heterocycles. The molecule has 9 nitrogen and oxygen atoms in total. The molecule has 0 aliphatic carbocycles. The number of amides is 2. The molecule has 11 heteroatoms. The van der Waals surface area contributed by atoms with Crippen LogP contribution < -0.4 is 14.8 Å². The number of nitrogens with one attached hydrogen (secondary N) is 1. The Kier molecular flexibility index (Phi) is 8.37. The zero-order valence-corrected chi connectivity index (χ0v) is 22.8. The van der Waals surface area contributed by atoms with Crippen LogP contribution in [0.15, 0.2) is 91.0 Å². The fourth-order valence-corrected chi connectivity index (χ4v) is 4.64. The first-order valence-corrected chi connectivity index (χ1v) is 13.0. The normalized spacial score (nSPS) is 11.6. The summed E-state index contributed by atoms with van der Waals surface area (Å²) in [6, 6.07) is 21.9. The van der Waals surface area contributed by atoms with E-state index in [1.807, 2.05) is 0 Å². The van der Waals surface area contributed by atoms with Crippen LogP contribution in [-0.4, -0.2) is 45.9 Å². The van der Waals surface area contributed by atoms with E-state index in [0.29, 0.717) is 28.2 Å². The van der Waals surface area contributed by atoms with E-state index in [9.17, 15) is 18.4 Å². The van der Waals surface area contributed by atoms with Crippen LogP contribution in [0.5, 0.6) is 11.5 Å². The number of anilines is 1. The number of halogens is 2. The molecule has 0 aliphatic heterocycles. The number of ether oxygens (including phenoxy) is 2. The molecule has 42 heavy (non-hydrogen) atoms. The number of rotatable bonds is 10. The van der Waals surface area contributed by atoms with Gasteiger partial charge in [0.2, 0.25) is 5.91 Å². The van der Waals surface area contributed by atoms with Gasteiger partial charge in [-0.15, -0.1) is 5.10 Å². The SMILES string of the molecule is COc1ccc(NC(=O)C(c2cccc(F)c2)N(Cc2ccccc2F)C(=O)Cn2nnc3ccccc32)c(OC)c1. The number of carbonyl (C=O) groups is 2. The van der Waals surface area contributed by atoms with Crippen LogP contribution >= 0.6 is 0 Å². The number of benzene rings is 4. The second kappa shape index (κ2) is 12.5. The molecule has 0 bridgehead atoms. The number of hydrogen-bond acceptors (Lipinski definition) is 6. The van der Waals surface area contributed by atoms with Gasteiger partial charge in [0.1, 0.15) is 41.2 Å². The molecule has 5 aromatic rings. The smallest absolute Gasteiger partial charge is 0.251 e. The Bertz CT molecular complexity index is 1740. The van der Waals surface area contributed by atoms with Gasteiger partial charge in [-0.3, -0.25) is 9.59 Å². The minimum absolute atomic E-state index is 0.172. The van der Waals surface area contributed by atoms with Crippen molar-refractivity contribution in [1.29, 1.82) is 0 Å². The summed E-state index contributed by atoms with van der Waals surface area (Å²) >= 11 is 0. The lowest BCUT2D eigenvalue weighted by Crippen LogP contribution is -2.42. The lowest BCUT2D eigenvalue weighted by atomic mass is 10.0. The summed E-state index contributed by atoms with van der Waals surface area (Å²) in [6.45, 7) is -0.591. The fraction of sp³-hybridized carbons (Fsp3) is 0.161. The lowest BCUT2D eigenvalue weighted by Gasteiger charge is -2.32. The summed E-state index contributed by atoms with van der Waals surface area (Å²) in [4.78, 5) is 29.3. The van der Waals surface area contributed by atoms with E-state index in [2.05, 4.69) is 15.6 Å². The topological polar surface area (TPSA) is 98.6 Å². The number of fused-ring (bicyclic) bond motifs is 1. The molecule has 0 aliphatic rings. The minimum atomic E-state index is -1.37. The van der Waals surface area contributed by atoms with Crippen molar-refractivity contribution in [3.8, 4) is 11.5 Å². The highest BCUT2D eigenvalue weighted by molar-refractivity contribution is 5.99. The maximum atomic E-state index is 14.9. The molecule has 2 amide bonds. The molecule has 1 aromatic heterocycles. The average molecular weight is 572 g/mol. The first kappa shape index (κ1) is 28.2. The maximum Gasteiger partial charge on any atom is 0.251 e. The number of carbonyl (C=O) groups excluding carboxylic acids is 2. The standard InChI is InChI=1S/C31H27F2N5O4/c1-41-23-14-15-26(28(17-23)42-2)34-31(40)30(20-9-7-10-22(32)16-20)37(18-21-8-3-4-11-24(21)33)29(39)19-38-27-13-6-5-12-25(27)35-36-38/h3-17,30H,18-19H2,1-2H3,(H,34,40). The van der Waals surface area contributed by atoms with Crippen LogP contribution in [0, 0.1) is 11.6 Å². The Labute approximate surface area is 240 Å². The highest BCUT2D eigenvalue weighted by atomic mass is 19.1. The van der Waals surface area contributed by atoms with Gasteiger partial charge in [-0.2, -0.15) is 0 Å². The minimum Gasteiger partial charge on any atom is -0.497 e. The van der Waals surface area contributed by atoms with Crippen LogP contribution in [0.1, 0.15) is 17.2 Å². The van der Waals surface area contributed by atoms with Crippen molar-refractivity contribution in [3.05, 3.63) is 114 Å². The Hall–Kier alpha value is -5.32. The predicted molar refractivity (Wildman–Crippen MR) is 152 cm³/mol. The molecule has 214 valence electrons. The first-order valence-electron chi connectivity index (χ1n) is 13.0. The third-order valence-corrected chi connectivity index (χ3v) is 6.72. The van der Waals surface area contributed by atoms with Crippen molar-refractivity contribution >= 4 is 28.5 Å². The quantitative estimate of drug-likeness (QED) is 0.250. The molecule has 0 spiro atoms. The molecule has 0 radical (unpaired) electrons. The summed E-state index contributed by atoms with van der Waals surface area (Å²) in [5, 5.41) is 11.0. The van der Waals surface area contributed by atoms with Crippen molar-refractivity contribution in [2.75, 3.05) is 19.5 Å². The van der Waals surface area contributed by atoms with Gasteiger partial charge in [0.25, 0.3) is 5.91 Å². The van der Waals surface area contributed by atoms with Crippen molar-refractivity contribution in [2.45, 2.75) is 19.1 Å². The number of methoxy groups -OCH3 is 2. The van der Waals surface area contributed by atoms with Gasteiger partial charge in [-0.1, -0.05) is 47.7 Å². The molecular weight excluding hydrogens is 544 g/mol. The molecule has 0 fully saturated rings. The van der Waals surface area contributed by atoms with Crippen LogP contribution in [0.3, 0.4) is 0 Å². The van der Waals surface area contributed by atoms with E-state index in [4.69, 9.17) is 9.47 Å². The molecule has 1 N–H and O–H groups in total. The van der Waals surface area contributed by atoms with E-state index in [0.717, 1.165) is 0 Å². The van der Waals surface area contributed by atoms with E-state index in [1.165, 1.54) is 66.3 Å². The van der Waals surface area contributed by atoms with Crippen LogP contribution in [0.4, 0.5) is 14.5 Å². The highest BCUT2D eigenvalue weighted by Crippen LogP contribution is 2.32. The van der Waals surface area contributed by atoms with Crippen LogP contribution in [-0.2, 0) is 22.7 Å². The second-order valence-corrected chi connectivity index (χ2v) is 9.36. The zero-order chi connectivity index (χ0) is 29.6. The van der Waals surface area contributed by atoms with E-state index in [1.54, 1.807) is 48.5 Å². The molecule has 1 atom stereocenters. The first-order chi connectivity index (χ1) is 20.4. The Morgan fingerprint density at radius 3 is 2.48 bits per heavy atom. The molecule has 5 rings (SSSR count). The van der Waals surface area contributed by atoms with Crippen molar-refractivity contribution in [2.24, 2.45) is 0 Å². The number of para-hydroxylation sites is 1. The van der Waals surface area contributed by atoms with E-state index in [-0.39, 0.29) is 24.2 Å². The maximum absolute atomic E-state index is 14.9. The Morgan fingerprint density at radius 2 is 1.71 bits per heavy atom. The molecular formula is C31H27F2N5O4. The lowest BCUT2D eigenvalue weighted by molar-refractivity contribution is -0.140. The monoisotopic (exact) mass is 571 g/mol. The van der Waals surface area contributed by atoms with E-state index >= 15 is 0 Å². The van der Waals surface area contributed by atoms with Gasteiger partial charge in [0.15, 0.2) is 0 Å². The number of nitrogens with zero attached hydrogens (tertiary/aromatic N) is 4. The predicted octanol–water partition coefficient (Wildman–Crippen LogP) is 5.14. The number of aromatic nitrogens is 3. The van der Waals surface area contributed by atoms with Crippen molar-refractivity contribution in [1.82, 2.24) is 19.9 Å². The molecule has 1 unspecified atom stereocenters. The van der Waals surface area contributed by atoms with E-state index < -0.39 is 29.5 Å². The van der Waals surface area contributed by atoms with Gasteiger partial charge in [0, 0.05) is 18.2 Å². The van der Waals surface area contributed by atoms with Crippen molar-refractivity contribution in [3.63, 3.8) is 0 Å². The molecule has 0 saturated carbocycles. The molecule has 4 aromatic carbocycles. The summed E-state index contributed by atoms with van der Waals surface area (Å²) in [5.74, 6) is -1.59. The van der Waals surface area contributed by atoms with Gasteiger partial charge in [-0.25, -0.2) is 13.5 Å². The zero-order valence-electron chi connectivity index (χ0n) is 22.8. The van der Waals surface area contributed by atoms with Gasteiger partial charge in [-0.05, 0) is 48.0 Å². The average Bonchev–Trinajstić information content (AvgIpc) is 3.40. The summed E-state index contributed by atoms with van der Waals surface area (Å²) < 4.78 is 41.5. The third-order valence-electron chi connectivity index (χ3n) is 6.72. The Balaban J connectivity index is 1.58. The molecule has 0 saturated heterocycles. The summed E-state index contributed by atoms with van der Waals surface area (Å²) in [7, 11) is 2.93. The van der Waals surface area contributed by atoms with Crippen LogP contribution in [0.25, 0.3) is 11.0 Å². The summed E-state index contributed by atoms with van der Waals surface area (Å²) in [6.07, 6.45) is 0. The summed E-state index contributed by atoms with van der Waals surface area (Å²) in [5.41, 5.74) is 1.84. The van der Waals surface area contributed by atoms with Crippen LogP contribution in [0.2, 0.25) is 0 Å². The van der Waals surface area contributed by atoms with Crippen molar-refractivity contribution < 1.29 is 27.8 Å². The second-order valence-electron chi connectivity index (χ2n) is 9.36. The Morgan fingerprint density at radius 1 is 0.929 bits per heavy atom. The largest absolute Gasteiger partial charge is 0.497 e. The number of hydrogen-bond donors (Lipinski definition) is 1. The van der Waals surface area contributed by atoms with Gasteiger partial charge < -0.3 is 19.7 Å². The third kappa shape index (κ3) is 6.04. The fourth-order valence-electron chi connectivity index (χ4n) is 4.64. The van der Waals surface area contributed by atoms with Gasteiger partial charge in [0.05, 0.1) is 25.4 Å². The highest BCUT2D eigenvalue weighted by Gasteiger charge is 2.33. The van der Waals surface area contributed by atoms with Gasteiger partial charge >= 0.3 is 0 Å².